The van der Waals surface area contributed by atoms with Gasteiger partial charge in [0.1, 0.15) is 0 Å². The number of halogens is 1. The number of nitrogens with one attached hydrogen (secondary N) is 1. The lowest BCUT2D eigenvalue weighted by atomic mass is 9.87. The van der Waals surface area contributed by atoms with Crippen LogP contribution in [0.25, 0.3) is 0 Å². The van der Waals surface area contributed by atoms with E-state index in [0.717, 1.165) is 18.7 Å². The molecule has 2 nitrogen and oxygen atoms in total. The third kappa shape index (κ3) is 3.49. The number of hydrogen-bond acceptors (Lipinski definition) is 1. The molecular weight excluding hydrogens is 198 g/mol. The minimum absolute atomic E-state index is 0.0892. The predicted molar refractivity (Wildman–Crippen MR) is 59.4 cm³/mol. The lowest BCUT2D eigenvalue weighted by Crippen LogP contribution is -2.40. The highest BCUT2D eigenvalue weighted by atomic mass is 35.5. The summed E-state index contributed by atoms with van der Waals surface area (Å²) in [7, 11) is 0. The van der Waals surface area contributed by atoms with Crippen LogP contribution >= 0.6 is 11.6 Å². The van der Waals surface area contributed by atoms with Gasteiger partial charge in [0.15, 0.2) is 0 Å². The van der Waals surface area contributed by atoms with Crippen molar-refractivity contribution in [2.24, 2.45) is 11.8 Å². The van der Waals surface area contributed by atoms with Gasteiger partial charge in [-0.25, -0.2) is 0 Å². The molecule has 0 aromatic carbocycles. The molecule has 82 valence electrons. The molecule has 0 aliphatic heterocycles. The summed E-state index contributed by atoms with van der Waals surface area (Å²) in [5.74, 6) is 1.59. The first kappa shape index (κ1) is 11.8. The molecule has 0 bridgehead atoms. The maximum absolute atomic E-state index is 11.5. The fraction of sp³-hybridized carbons (Fsp3) is 0.909. The van der Waals surface area contributed by atoms with Crippen molar-refractivity contribution < 1.29 is 4.79 Å². The number of amides is 1. The third-order valence-corrected chi connectivity index (χ3v) is 3.31. The zero-order valence-corrected chi connectivity index (χ0v) is 9.81. The van der Waals surface area contributed by atoms with Gasteiger partial charge >= 0.3 is 0 Å². The van der Waals surface area contributed by atoms with Gasteiger partial charge in [-0.3, -0.25) is 4.79 Å². The standard InChI is InChI=1S/C11H20ClNO/c1-8(2)11(14)13-10-5-3-4-9(6-10)7-12/h8-10H,3-7H2,1-2H3,(H,13,14). The molecule has 1 N–H and O–H groups in total. The van der Waals surface area contributed by atoms with E-state index in [1.54, 1.807) is 0 Å². The Morgan fingerprint density at radius 2 is 2.21 bits per heavy atom. The van der Waals surface area contributed by atoms with E-state index < -0.39 is 0 Å². The first-order chi connectivity index (χ1) is 6.63. The molecule has 0 heterocycles. The Morgan fingerprint density at radius 1 is 1.50 bits per heavy atom. The zero-order chi connectivity index (χ0) is 10.6. The summed E-state index contributed by atoms with van der Waals surface area (Å²) in [6.45, 7) is 3.86. The van der Waals surface area contributed by atoms with Gasteiger partial charge in [0, 0.05) is 17.8 Å². The maximum atomic E-state index is 11.5. The highest BCUT2D eigenvalue weighted by Crippen LogP contribution is 2.25. The van der Waals surface area contributed by atoms with E-state index in [9.17, 15) is 4.79 Å². The molecule has 1 rings (SSSR count). The summed E-state index contributed by atoms with van der Waals surface area (Å²) in [6.07, 6.45) is 4.59. The topological polar surface area (TPSA) is 29.1 Å². The lowest BCUT2D eigenvalue weighted by Gasteiger charge is -2.29. The molecular formula is C11H20ClNO. The van der Waals surface area contributed by atoms with Crippen molar-refractivity contribution in [3.63, 3.8) is 0 Å². The Balaban J connectivity index is 2.34. The summed E-state index contributed by atoms with van der Waals surface area (Å²) in [5, 5.41) is 3.09. The predicted octanol–water partition coefficient (Wildman–Crippen LogP) is 2.56. The van der Waals surface area contributed by atoms with Gasteiger partial charge in [0.2, 0.25) is 5.91 Å². The Morgan fingerprint density at radius 3 is 2.79 bits per heavy atom. The smallest absolute Gasteiger partial charge is 0.222 e. The van der Waals surface area contributed by atoms with E-state index in [4.69, 9.17) is 11.6 Å². The molecule has 0 aromatic rings. The van der Waals surface area contributed by atoms with Crippen molar-refractivity contribution >= 4 is 17.5 Å². The van der Waals surface area contributed by atoms with Gasteiger partial charge in [-0.1, -0.05) is 20.3 Å². The van der Waals surface area contributed by atoms with Crippen LogP contribution in [-0.2, 0) is 4.79 Å². The van der Waals surface area contributed by atoms with E-state index >= 15 is 0 Å². The number of carbonyl (C=O) groups is 1. The summed E-state index contributed by atoms with van der Waals surface area (Å²) in [4.78, 5) is 11.5. The minimum atomic E-state index is 0.0892. The second-order valence-corrected chi connectivity index (χ2v) is 4.86. The summed E-state index contributed by atoms with van der Waals surface area (Å²) in [5.41, 5.74) is 0. The fourth-order valence-corrected chi connectivity index (χ4v) is 2.21. The van der Waals surface area contributed by atoms with E-state index in [2.05, 4.69) is 5.32 Å². The molecule has 0 aromatic heterocycles. The van der Waals surface area contributed by atoms with Crippen LogP contribution in [0.3, 0.4) is 0 Å². The first-order valence-electron chi connectivity index (χ1n) is 5.49. The third-order valence-electron chi connectivity index (χ3n) is 2.87. The molecule has 0 saturated heterocycles. The van der Waals surface area contributed by atoms with Crippen LogP contribution in [0.4, 0.5) is 0 Å². The van der Waals surface area contributed by atoms with Crippen molar-refractivity contribution in [3.8, 4) is 0 Å². The summed E-state index contributed by atoms with van der Waals surface area (Å²) in [6, 6.07) is 0.363. The van der Waals surface area contributed by atoms with Crippen molar-refractivity contribution in [1.29, 1.82) is 0 Å². The number of alkyl halides is 1. The average molecular weight is 218 g/mol. The Kier molecular flexibility index (Phi) is 4.73. The van der Waals surface area contributed by atoms with Crippen LogP contribution in [0.2, 0.25) is 0 Å². The van der Waals surface area contributed by atoms with Gasteiger partial charge in [-0.05, 0) is 25.2 Å². The van der Waals surface area contributed by atoms with Crippen LogP contribution in [0.5, 0.6) is 0 Å². The molecule has 0 spiro atoms. The highest BCUT2D eigenvalue weighted by Gasteiger charge is 2.23. The molecule has 0 radical (unpaired) electrons. The zero-order valence-electron chi connectivity index (χ0n) is 9.05. The van der Waals surface area contributed by atoms with Gasteiger partial charge in [0.25, 0.3) is 0 Å². The average Bonchev–Trinajstić information content (AvgIpc) is 2.18. The van der Waals surface area contributed by atoms with Crippen molar-refractivity contribution in [1.82, 2.24) is 5.32 Å². The molecule has 1 saturated carbocycles. The van der Waals surface area contributed by atoms with Crippen molar-refractivity contribution in [3.05, 3.63) is 0 Å². The van der Waals surface area contributed by atoms with Gasteiger partial charge in [-0.15, -0.1) is 11.6 Å². The van der Waals surface area contributed by atoms with Crippen LogP contribution in [0.15, 0.2) is 0 Å². The Labute approximate surface area is 91.4 Å². The second-order valence-electron chi connectivity index (χ2n) is 4.55. The monoisotopic (exact) mass is 217 g/mol. The number of rotatable bonds is 3. The Bertz CT molecular complexity index is 194. The SMILES string of the molecule is CC(C)C(=O)NC1CCCC(CCl)C1. The second kappa shape index (κ2) is 5.59. The molecule has 1 amide bonds. The summed E-state index contributed by atoms with van der Waals surface area (Å²) >= 11 is 5.83. The van der Waals surface area contributed by atoms with E-state index in [-0.39, 0.29) is 11.8 Å². The van der Waals surface area contributed by atoms with Gasteiger partial charge in [0.05, 0.1) is 0 Å². The number of hydrogen-bond donors (Lipinski definition) is 1. The molecule has 1 fully saturated rings. The highest BCUT2D eigenvalue weighted by molar-refractivity contribution is 6.18. The molecule has 2 unspecified atom stereocenters. The molecule has 14 heavy (non-hydrogen) atoms. The van der Waals surface area contributed by atoms with Crippen LogP contribution < -0.4 is 5.32 Å². The quantitative estimate of drug-likeness (QED) is 0.724. The van der Waals surface area contributed by atoms with Gasteiger partial charge < -0.3 is 5.32 Å². The molecule has 2 atom stereocenters. The summed E-state index contributed by atoms with van der Waals surface area (Å²) < 4.78 is 0. The molecule has 1 aliphatic carbocycles. The van der Waals surface area contributed by atoms with E-state index in [0.29, 0.717) is 12.0 Å². The fourth-order valence-electron chi connectivity index (χ4n) is 1.93. The minimum Gasteiger partial charge on any atom is -0.353 e. The molecule has 1 aliphatic rings. The van der Waals surface area contributed by atoms with Crippen molar-refractivity contribution in [2.75, 3.05) is 5.88 Å². The van der Waals surface area contributed by atoms with Crippen LogP contribution in [0.1, 0.15) is 39.5 Å². The normalized spacial score (nSPS) is 27.7. The van der Waals surface area contributed by atoms with E-state index in [1.807, 2.05) is 13.8 Å². The van der Waals surface area contributed by atoms with Crippen LogP contribution in [0, 0.1) is 11.8 Å². The van der Waals surface area contributed by atoms with E-state index in [1.165, 1.54) is 12.8 Å². The van der Waals surface area contributed by atoms with Gasteiger partial charge in [-0.2, -0.15) is 0 Å². The van der Waals surface area contributed by atoms with Crippen LogP contribution in [-0.4, -0.2) is 17.8 Å². The Hall–Kier alpha value is -0.240. The molecule has 3 heteroatoms. The maximum Gasteiger partial charge on any atom is 0.222 e. The number of carbonyl (C=O) groups excluding carboxylic acids is 1. The van der Waals surface area contributed by atoms with Crippen molar-refractivity contribution in [2.45, 2.75) is 45.6 Å². The lowest BCUT2D eigenvalue weighted by molar-refractivity contribution is -0.125. The first-order valence-corrected chi connectivity index (χ1v) is 6.03. The largest absolute Gasteiger partial charge is 0.353 e.